The van der Waals surface area contributed by atoms with Gasteiger partial charge in [-0.2, -0.15) is 0 Å². The van der Waals surface area contributed by atoms with Crippen molar-refractivity contribution in [1.29, 1.82) is 0 Å². The van der Waals surface area contributed by atoms with Gasteiger partial charge in [-0.25, -0.2) is 19.2 Å². The van der Waals surface area contributed by atoms with Crippen LogP contribution >= 0.6 is 22.7 Å². The first-order valence-corrected chi connectivity index (χ1v) is 23.1. The first-order chi connectivity index (χ1) is 30.3. The summed E-state index contributed by atoms with van der Waals surface area (Å²) in [6, 6.07) is 12.8. The Balaban J connectivity index is 0.867. The summed E-state index contributed by atoms with van der Waals surface area (Å²) in [4.78, 5) is 27.4. The van der Waals surface area contributed by atoms with Crippen molar-refractivity contribution in [3.8, 4) is 17.6 Å². The highest BCUT2D eigenvalue weighted by molar-refractivity contribution is 7.22. The highest BCUT2D eigenvalue weighted by Crippen LogP contribution is 2.39. The van der Waals surface area contributed by atoms with Crippen LogP contribution in [0.3, 0.4) is 0 Å². The molecule has 8 rings (SSSR count). The van der Waals surface area contributed by atoms with Crippen LogP contribution in [0.15, 0.2) is 42.5 Å². The molecule has 2 fully saturated rings. The number of aromatic nitrogens is 4. The lowest BCUT2D eigenvalue weighted by Crippen LogP contribution is -2.32. The topological polar surface area (TPSA) is 143 Å². The molecule has 3 aliphatic heterocycles. The third-order valence-electron chi connectivity index (χ3n) is 11.1. The maximum atomic E-state index is 15.3. The third-order valence-corrected chi connectivity index (χ3v) is 13.2. The second-order valence-corrected chi connectivity index (χ2v) is 18.8. The second-order valence-electron chi connectivity index (χ2n) is 16.8. The Morgan fingerprint density at radius 2 is 1.76 bits per heavy atom. The molecule has 3 aromatic heterocycles. The van der Waals surface area contributed by atoms with Gasteiger partial charge in [0.05, 0.1) is 55.9 Å². The number of hydrogen-bond acceptors (Lipinski definition) is 16. The second kappa shape index (κ2) is 19.5. The summed E-state index contributed by atoms with van der Waals surface area (Å²) in [5.41, 5.74) is 3.81. The standard InChI is InChI=1S/C46H54FN7O7S2/c1-29-33-13-10-22-54(41(33)52-51-40(29)50-43-48-35-14-7-8-15-37(35)62-43)44-49-39(42(55)56-6)38(63-44)16-11-25-57-36-18-17-30(26-34(36)47)12-9-21-53(23-19-31-27-58-45(2,3)60-31)24-20-32-28-59-46(4,5)61-32/h7-8,14-15,17-18,26,31-32H,10-11,13,16,19-25,27-28H2,1-6H3,(H,48,50,51)/t31-,32-/m0/s1. The number of carbonyl (C=O) groups is 1. The van der Waals surface area contributed by atoms with E-state index in [-0.39, 0.29) is 30.3 Å². The van der Waals surface area contributed by atoms with Crippen molar-refractivity contribution in [3.63, 3.8) is 0 Å². The highest BCUT2D eigenvalue weighted by atomic mass is 32.1. The number of carbonyl (C=O) groups excluding carboxylic acids is 1. The van der Waals surface area contributed by atoms with Gasteiger partial charge in [0.2, 0.25) is 0 Å². The van der Waals surface area contributed by atoms with Crippen LogP contribution in [-0.2, 0) is 36.5 Å². The van der Waals surface area contributed by atoms with Gasteiger partial charge in [0.1, 0.15) is 0 Å². The van der Waals surface area contributed by atoms with E-state index >= 15 is 4.39 Å². The van der Waals surface area contributed by atoms with Crippen LogP contribution < -0.4 is 15.0 Å². The SMILES string of the molecule is COC(=O)c1nc(N2CCCc3c2nnc(Nc2nc4ccccc4s2)c3C)sc1CCCOc1ccc(C#CCN(CC[C@H]2COC(C)(C)O2)CC[C@H]2COC(C)(C)O2)cc1F. The summed E-state index contributed by atoms with van der Waals surface area (Å²) >= 11 is 2.98. The molecule has 0 aliphatic carbocycles. The number of aryl methyl sites for hydroxylation is 1. The Morgan fingerprint density at radius 3 is 2.44 bits per heavy atom. The molecule has 2 aromatic carbocycles. The first-order valence-electron chi connectivity index (χ1n) is 21.4. The van der Waals surface area contributed by atoms with Gasteiger partial charge in [-0.15, -0.1) is 21.5 Å². The Kier molecular flexibility index (Phi) is 13.9. The zero-order valence-electron chi connectivity index (χ0n) is 36.6. The Hall–Kier alpha value is -4.80. The zero-order valence-corrected chi connectivity index (χ0v) is 38.3. The van der Waals surface area contributed by atoms with Crippen molar-refractivity contribution in [2.24, 2.45) is 0 Å². The number of anilines is 4. The molecule has 0 bridgehead atoms. The van der Waals surface area contributed by atoms with E-state index in [9.17, 15) is 4.79 Å². The molecule has 0 unspecified atom stereocenters. The molecule has 6 heterocycles. The number of esters is 1. The van der Waals surface area contributed by atoms with E-state index in [2.05, 4.69) is 32.3 Å². The minimum absolute atomic E-state index is 0.0174. The predicted octanol–water partition coefficient (Wildman–Crippen LogP) is 8.35. The van der Waals surface area contributed by atoms with E-state index in [1.165, 1.54) is 24.5 Å². The van der Waals surface area contributed by atoms with Gasteiger partial charge in [-0.1, -0.05) is 35.3 Å². The molecule has 3 aliphatic rings. The molecule has 0 saturated carbocycles. The fourth-order valence-corrected chi connectivity index (χ4v) is 9.87. The Bertz CT molecular complexity index is 2420. The molecule has 17 heteroatoms. The molecule has 2 saturated heterocycles. The molecule has 0 spiro atoms. The van der Waals surface area contributed by atoms with Crippen molar-refractivity contribution in [2.45, 2.75) is 96.9 Å². The summed E-state index contributed by atoms with van der Waals surface area (Å²) in [5, 5.41) is 14.0. The van der Waals surface area contributed by atoms with Gasteiger partial charge in [0, 0.05) is 41.2 Å². The number of nitrogens with one attached hydrogen (secondary N) is 1. The number of rotatable bonds is 16. The van der Waals surface area contributed by atoms with Crippen LogP contribution in [0.5, 0.6) is 5.75 Å². The van der Waals surface area contributed by atoms with Gasteiger partial charge in [-0.3, -0.25) is 4.90 Å². The van der Waals surface area contributed by atoms with Crippen LogP contribution in [0.4, 0.5) is 26.3 Å². The number of hydrogen-bond donors (Lipinski definition) is 1. The number of halogens is 1. The molecular weight excluding hydrogens is 846 g/mol. The minimum atomic E-state index is -0.573. The maximum Gasteiger partial charge on any atom is 0.357 e. The van der Waals surface area contributed by atoms with Crippen molar-refractivity contribution < 1.29 is 37.6 Å². The van der Waals surface area contributed by atoms with E-state index in [1.807, 2.05) is 63.8 Å². The van der Waals surface area contributed by atoms with Gasteiger partial charge < -0.3 is 38.6 Å². The van der Waals surface area contributed by atoms with Gasteiger partial charge in [0.25, 0.3) is 0 Å². The summed E-state index contributed by atoms with van der Waals surface area (Å²) in [6.07, 6.45) is 4.36. The third kappa shape index (κ3) is 11.1. The van der Waals surface area contributed by atoms with Gasteiger partial charge in [-0.05, 0) is 103 Å². The number of benzene rings is 2. The summed E-state index contributed by atoms with van der Waals surface area (Å²) in [6.45, 7) is 13.8. The quantitative estimate of drug-likeness (QED) is 0.0576. The molecule has 1 N–H and O–H groups in total. The largest absolute Gasteiger partial charge is 0.491 e. The molecule has 2 atom stereocenters. The smallest absolute Gasteiger partial charge is 0.357 e. The lowest BCUT2D eigenvalue weighted by atomic mass is 10.0. The highest BCUT2D eigenvalue weighted by Gasteiger charge is 2.34. The average Bonchev–Trinajstić information content (AvgIpc) is 4.05. The van der Waals surface area contributed by atoms with Crippen molar-refractivity contribution in [2.75, 3.05) is 63.3 Å². The van der Waals surface area contributed by atoms with Crippen LogP contribution in [0.1, 0.15) is 85.4 Å². The molecule has 63 heavy (non-hydrogen) atoms. The minimum Gasteiger partial charge on any atom is -0.491 e. The van der Waals surface area contributed by atoms with Crippen LogP contribution in [0.25, 0.3) is 10.2 Å². The number of ether oxygens (including phenoxy) is 6. The normalized spacial score (nSPS) is 19.0. The molecule has 334 valence electrons. The monoisotopic (exact) mass is 899 g/mol. The number of para-hydroxylation sites is 1. The Morgan fingerprint density at radius 1 is 1.02 bits per heavy atom. The molecule has 5 aromatic rings. The summed E-state index contributed by atoms with van der Waals surface area (Å²) < 4.78 is 51.0. The van der Waals surface area contributed by atoms with E-state index < -0.39 is 23.4 Å². The molecule has 0 amide bonds. The van der Waals surface area contributed by atoms with E-state index in [4.69, 9.17) is 38.4 Å². The van der Waals surface area contributed by atoms with E-state index in [1.54, 1.807) is 23.5 Å². The lowest BCUT2D eigenvalue weighted by molar-refractivity contribution is -0.139. The number of thiazole rings is 2. The van der Waals surface area contributed by atoms with Gasteiger partial charge in [0.15, 0.2) is 50.7 Å². The maximum absolute atomic E-state index is 15.3. The number of methoxy groups -OCH3 is 1. The van der Waals surface area contributed by atoms with Crippen LogP contribution in [0, 0.1) is 24.6 Å². The fraction of sp³-hybridized carbons (Fsp3) is 0.500. The van der Waals surface area contributed by atoms with E-state index in [0.29, 0.717) is 55.7 Å². The van der Waals surface area contributed by atoms with E-state index in [0.717, 1.165) is 75.9 Å². The number of nitrogens with zero attached hydrogens (tertiary/aromatic N) is 6. The van der Waals surface area contributed by atoms with Crippen LogP contribution in [-0.4, -0.2) is 108 Å². The van der Waals surface area contributed by atoms with Crippen LogP contribution in [0.2, 0.25) is 0 Å². The van der Waals surface area contributed by atoms with Crippen molar-refractivity contribution >= 4 is 60.8 Å². The fourth-order valence-electron chi connectivity index (χ4n) is 7.89. The number of fused-ring (bicyclic) bond motifs is 2. The average molecular weight is 900 g/mol. The molecule has 0 radical (unpaired) electrons. The van der Waals surface area contributed by atoms with Gasteiger partial charge >= 0.3 is 5.97 Å². The summed E-state index contributed by atoms with van der Waals surface area (Å²) in [5.74, 6) is 5.73. The first kappa shape index (κ1) is 44.8. The van der Waals surface area contributed by atoms with Crippen molar-refractivity contribution in [1.82, 2.24) is 25.1 Å². The lowest BCUT2D eigenvalue weighted by Gasteiger charge is -2.28. The van der Waals surface area contributed by atoms with Crippen molar-refractivity contribution in [3.05, 3.63) is 75.5 Å². The summed E-state index contributed by atoms with van der Waals surface area (Å²) in [7, 11) is 1.35. The zero-order chi connectivity index (χ0) is 44.1. The predicted molar refractivity (Wildman–Crippen MR) is 241 cm³/mol. The molecule has 14 nitrogen and oxygen atoms in total. The molecular formula is C46H54FN7O7S2. The Labute approximate surface area is 375 Å².